The van der Waals surface area contributed by atoms with Gasteiger partial charge in [0.1, 0.15) is 0 Å². The Labute approximate surface area is 234 Å². The van der Waals surface area contributed by atoms with Crippen LogP contribution in [0.25, 0.3) is 33.4 Å². The third-order valence-corrected chi connectivity index (χ3v) is 12.0. The molecule has 0 aliphatic heterocycles. The van der Waals surface area contributed by atoms with E-state index in [-0.39, 0.29) is 10.8 Å². The summed E-state index contributed by atoms with van der Waals surface area (Å²) in [5.41, 5.74) is 14.9. The van der Waals surface area contributed by atoms with E-state index in [0.29, 0.717) is 0 Å². The van der Waals surface area contributed by atoms with Gasteiger partial charge in [0.25, 0.3) is 0 Å². The van der Waals surface area contributed by atoms with Crippen LogP contribution < -0.4 is 0 Å². The van der Waals surface area contributed by atoms with Gasteiger partial charge in [0.15, 0.2) is 0 Å². The molecule has 10 rings (SSSR count). The summed E-state index contributed by atoms with van der Waals surface area (Å²) in [6, 6.07) is 31.0. The molecule has 0 aromatic heterocycles. The summed E-state index contributed by atoms with van der Waals surface area (Å²) in [7, 11) is 0. The number of rotatable bonds is 1. The molecule has 4 fully saturated rings. The minimum atomic E-state index is -0.00176. The second-order valence-electron chi connectivity index (χ2n) is 13.6. The molecule has 188 valence electrons. The third-order valence-electron chi connectivity index (χ3n) is 11.5. The molecule has 4 saturated carbocycles. The Morgan fingerprint density at radius 1 is 0.553 bits per heavy atom. The Morgan fingerprint density at radius 2 is 1.13 bits per heavy atom. The van der Waals surface area contributed by atoms with Crippen molar-refractivity contribution >= 4 is 15.9 Å². The Bertz CT molecular complexity index is 1640. The van der Waals surface area contributed by atoms with Gasteiger partial charge in [-0.05, 0) is 136 Å². The zero-order valence-corrected chi connectivity index (χ0v) is 23.8. The highest BCUT2D eigenvalue weighted by atomic mass is 79.9. The number of hydrogen-bond acceptors (Lipinski definition) is 0. The number of halogens is 1. The number of benzene rings is 4. The van der Waals surface area contributed by atoms with Crippen LogP contribution in [0.5, 0.6) is 0 Å². The van der Waals surface area contributed by atoms with Gasteiger partial charge in [-0.3, -0.25) is 0 Å². The van der Waals surface area contributed by atoms with Crippen LogP contribution in [0.4, 0.5) is 0 Å². The SMILES string of the molecule is CC1(C)c2cc(Br)ccc2-c2ccc(-c3ccc4c(c3)-c3ccccc3C43C4CC5CC(C4)CC3C5)cc21. The minimum Gasteiger partial charge on any atom is -0.0619 e. The van der Waals surface area contributed by atoms with Crippen LogP contribution in [-0.2, 0) is 10.8 Å². The summed E-state index contributed by atoms with van der Waals surface area (Å²) < 4.78 is 1.16. The molecule has 0 nitrogen and oxygen atoms in total. The quantitative estimate of drug-likeness (QED) is 0.218. The fraction of sp³-hybridized carbons (Fsp3) is 0.351. The highest BCUT2D eigenvalue weighted by molar-refractivity contribution is 9.10. The van der Waals surface area contributed by atoms with Gasteiger partial charge in [0.05, 0.1) is 0 Å². The van der Waals surface area contributed by atoms with Crippen LogP contribution in [0, 0.1) is 23.7 Å². The van der Waals surface area contributed by atoms with E-state index in [4.69, 9.17) is 0 Å². The molecule has 4 bridgehead atoms. The molecule has 6 aliphatic carbocycles. The molecule has 0 unspecified atom stereocenters. The van der Waals surface area contributed by atoms with Crippen molar-refractivity contribution in [2.24, 2.45) is 23.7 Å². The number of fused-ring (bicyclic) bond motifs is 6. The van der Waals surface area contributed by atoms with Gasteiger partial charge in [-0.2, -0.15) is 0 Å². The molecule has 6 aliphatic rings. The molecule has 0 N–H and O–H groups in total. The van der Waals surface area contributed by atoms with E-state index >= 15 is 0 Å². The van der Waals surface area contributed by atoms with Crippen molar-refractivity contribution in [3.63, 3.8) is 0 Å². The van der Waals surface area contributed by atoms with Gasteiger partial charge in [-0.15, -0.1) is 0 Å². The van der Waals surface area contributed by atoms with Crippen molar-refractivity contribution in [3.05, 3.63) is 106 Å². The second-order valence-corrected chi connectivity index (χ2v) is 14.5. The summed E-state index contributed by atoms with van der Waals surface area (Å²) in [5.74, 6) is 3.62. The predicted octanol–water partition coefficient (Wildman–Crippen LogP) is 10.1. The average Bonchev–Trinajstić information content (AvgIpc) is 3.33. The standard InChI is InChI=1S/C37H33Br/c1-36(2)34-19-24(7-10-29(34)30-11-9-27(38)20-35(30)36)23-8-12-33-31(18-23)28-5-3-4-6-32(28)37(33)25-14-21-13-22(16-25)17-26(37)15-21/h3-12,18-22,25-26H,13-17H2,1-2H3. The van der Waals surface area contributed by atoms with Crippen molar-refractivity contribution in [2.75, 3.05) is 0 Å². The molecule has 0 atom stereocenters. The van der Waals surface area contributed by atoms with E-state index in [1.807, 2.05) is 0 Å². The second kappa shape index (κ2) is 7.30. The van der Waals surface area contributed by atoms with Crippen LogP contribution >= 0.6 is 15.9 Å². The average molecular weight is 558 g/mol. The van der Waals surface area contributed by atoms with Gasteiger partial charge in [0, 0.05) is 15.3 Å². The molecule has 1 heteroatoms. The summed E-state index contributed by atoms with van der Waals surface area (Å²) in [4.78, 5) is 0. The first-order chi connectivity index (χ1) is 18.4. The minimum absolute atomic E-state index is 0.00176. The van der Waals surface area contributed by atoms with E-state index in [9.17, 15) is 0 Å². The summed E-state index contributed by atoms with van der Waals surface area (Å²) in [6.45, 7) is 4.76. The lowest BCUT2D eigenvalue weighted by Crippen LogP contribution is -2.55. The van der Waals surface area contributed by atoms with Gasteiger partial charge in [-0.25, -0.2) is 0 Å². The van der Waals surface area contributed by atoms with Crippen molar-refractivity contribution in [1.29, 1.82) is 0 Å². The normalized spacial score (nSPS) is 30.3. The van der Waals surface area contributed by atoms with Crippen LogP contribution in [0.3, 0.4) is 0 Å². The molecule has 4 aromatic rings. The zero-order chi connectivity index (χ0) is 25.4. The van der Waals surface area contributed by atoms with Gasteiger partial charge in [-0.1, -0.05) is 84.4 Å². The third kappa shape index (κ3) is 2.63. The molecule has 1 spiro atoms. The van der Waals surface area contributed by atoms with Crippen LogP contribution in [0.1, 0.15) is 68.2 Å². The first kappa shape index (κ1) is 22.2. The van der Waals surface area contributed by atoms with E-state index in [1.165, 1.54) is 76.6 Å². The monoisotopic (exact) mass is 556 g/mol. The van der Waals surface area contributed by atoms with Gasteiger partial charge >= 0.3 is 0 Å². The molecule has 38 heavy (non-hydrogen) atoms. The Kier molecular flexibility index (Phi) is 4.27. The summed E-state index contributed by atoms with van der Waals surface area (Å²) in [5, 5.41) is 0. The molecule has 0 heterocycles. The smallest absolute Gasteiger partial charge is 0.0271 e. The first-order valence-electron chi connectivity index (χ1n) is 14.6. The van der Waals surface area contributed by atoms with Crippen molar-refractivity contribution in [1.82, 2.24) is 0 Å². The summed E-state index contributed by atoms with van der Waals surface area (Å²) >= 11 is 3.71. The largest absolute Gasteiger partial charge is 0.0619 e. The van der Waals surface area contributed by atoms with Gasteiger partial charge < -0.3 is 0 Å². The molecular formula is C37H33Br. The lowest BCUT2D eigenvalue weighted by Gasteiger charge is -2.61. The molecule has 4 aromatic carbocycles. The van der Waals surface area contributed by atoms with E-state index in [2.05, 4.69) is 109 Å². The summed E-state index contributed by atoms with van der Waals surface area (Å²) in [6.07, 6.45) is 7.28. The first-order valence-corrected chi connectivity index (χ1v) is 15.4. The fourth-order valence-corrected chi connectivity index (χ4v) is 10.6. The van der Waals surface area contributed by atoms with Crippen LogP contribution in [0.15, 0.2) is 83.3 Å². The van der Waals surface area contributed by atoms with E-state index in [0.717, 1.165) is 28.1 Å². The van der Waals surface area contributed by atoms with E-state index < -0.39 is 0 Å². The van der Waals surface area contributed by atoms with Crippen LogP contribution in [-0.4, -0.2) is 0 Å². The van der Waals surface area contributed by atoms with Crippen LogP contribution in [0.2, 0.25) is 0 Å². The highest BCUT2D eigenvalue weighted by Gasteiger charge is 2.61. The maximum absolute atomic E-state index is 3.71. The van der Waals surface area contributed by atoms with Crippen molar-refractivity contribution < 1.29 is 0 Å². The topological polar surface area (TPSA) is 0 Å². The maximum atomic E-state index is 3.71. The fourth-order valence-electron chi connectivity index (χ4n) is 10.2. The molecule has 0 amide bonds. The zero-order valence-electron chi connectivity index (χ0n) is 22.2. The Balaban J connectivity index is 1.20. The van der Waals surface area contributed by atoms with Crippen molar-refractivity contribution in [3.8, 4) is 33.4 Å². The lowest BCUT2D eigenvalue weighted by atomic mass is 9.43. The lowest BCUT2D eigenvalue weighted by molar-refractivity contribution is -0.0399. The Hall–Kier alpha value is -2.64. The van der Waals surface area contributed by atoms with E-state index in [1.54, 1.807) is 11.1 Å². The molecule has 0 radical (unpaired) electrons. The number of hydrogen-bond donors (Lipinski definition) is 0. The predicted molar refractivity (Wildman–Crippen MR) is 160 cm³/mol. The molecule has 0 saturated heterocycles. The Morgan fingerprint density at radius 3 is 1.89 bits per heavy atom. The van der Waals surface area contributed by atoms with Crippen molar-refractivity contribution in [2.45, 2.75) is 56.8 Å². The van der Waals surface area contributed by atoms with Gasteiger partial charge in [0.2, 0.25) is 0 Å². The highest BCUT2D eigenvalue weighted by Crippen LogP contribution is 2.69. The maximum Gasteiger partial charge on any atom is 0.0271 e. The molecular weight excluding hydrogens is 524 g/mol.